The van der Waals surface area contributed by atoms with E-state index >= 15 is 0 Å². The van der Waals surface area contributed by atoms with E-state index in [1.165, 1.54) is 17.4 Å². The molecule has 1 aromatic carbocycles. The van der Waals surface area contributed by atoms with E-state index < -0.39 is 0 Å². The quantitative estimate of drug-likeness (QED) is 0.594. The van der Waals surface area contributed by atoms with Crippen molar-refractivity contribution in [3.63, 3.8) is 0 Å². The van der Waals surface area contributed by atoms with Gasteiger partial charge in [-0.25, -0.2) is 4.98 Å². The molecule has 0 aliphatic carbocycles. The number of rotatable bonds is 7. The van der Waals surface area contributed by atoms with Crippen LogP contribution in [0.1, 0.15) is 35.8 Å². The molecule has 0 aliphatic rings. The van der Waals surface area contributed by atoms with Crippen molar-refractivity contribution in [1.29, 1.82) is 0 Å². The number of pyridine rings is 1. The first-order valence-corrected chi connectivity index (χ1v) is 9.48. The van der Waals surface area contributed by atoms with Crippen LogP contribution >= 0.6 is 11.3 Å². The van der Waals surface area contributed by atoms with E-state index in [1.54, 1.807) is 24.7 Å². The van der Waals surface area contributed by atoms with Crippen LogP contribution in [-0.4, -0.2) is 15.9 Å². The van der Waals surface area contributed by atoms with E-state index in [9.17, 15) is 4.79 Å². The average molecular weight is 379 g/mol. The van der Waals surface area contributed by atoms with Crippen molar-refractivity contribution in [2.75, 3.05) is 5.32 Å². The molecule has 0 aliphatic heterocycles. The Kier molecular flexibility index (Phi) is 6.33. The molecule has 1 N–H and O–H groups in total. The van der Waals surface area contributed by atoms with E-state index in [1.807, 2.05) is 36.4 Å². The summed E-state index contributed by atoms with van der Waals surface area (Å²) >= 11 is 1.50. The number of thiazole rings is 1. The Labute approximate surface area is 162 Å². The number of hydrogen-bond donors (Lipinski definition) is 1. The summed E-state index contributed by atoms with van der Waals surface area (Å²) in [7, 11) is 0. The van der Waals surface area contributed by atoms with Crippen molar-refractivity contribution in [3.05, 3.63) is 77.1 Å². The van der Waals surface area contributed by atoms with Gasteiger partial charge in [-0.15, -0.1) is 11.3 Å². The van der Waals surface area contributed by atoms with Crippen molar-refractivity contribution in [3.8, 4) is 5.75 Å². The number of ether oxygens (including phenoxy) is 1. The first kappa shape index (κ1) is 18.8. The highest BCUT2D eigenvalue weighted by Crippen LogP contribution is 2.25. The average Bonchev–Trinajstić information content (AvgIpc) is 3.15. The number of carbonyl (C=O) groups is 1. The number of anilines is 1. The number of benzene rings is 1. The maximum absolute atomic E-state index is 12.0. The Morgan fingerprint density at radius 1 is 1.22 bits per heavy atom. The fraction of sp³-hybridized carbons (Fsp3) is 0.190. The molecule has 138 valence electrons. The van der Waals surface area contributed by atoms with Gasteiger partial charge in [-0.1, -0.05) is 32.0 Å². The summed E-state index contributed by atoms with van der Waals surface area (Å²) in [6, 6.07) is 11.4. The van der Waals surface area contributed by atoms with Gasteiger partial charge in [-0.05, 0) is 35.8 Å². The summed E-state index contributed by atoms with van der Waals surface area (Å²) in [5.74, 6) is 0.976. The van der Waals surface area contributed by atoms with E-state index in [4.69, 9.17) is 4.74 Å². The Morgan fingerprint density at radius 2 is 2.04 bits per heavy atom. The Hall–Kier alpha value is -2.99. The lowest BCUT2D eigenvalue weighted by molar-refractivity contribution is -0.111. The second-order valence-electron chi connectivity index (χ2n) is 6.26. The molecule has 0 atom stereocenters. The summed E-state index contributed by atoms with van der Waals surface area (Å²) in [6.07, 6.45) is 8.58. The first-order valence-electron chi connectivity index (χ1n) is 8.67. The highest BCUT2D eigenvalue weighted by Gasteiger charge is 2.07. The summed E-state index contributed by atoms with van der Waals surface area (Å²) in [6.45, 7) is 4.67. The third-order valence-corrected chi connectivity index (χ3v) is 4.97. The van der Waals surface area contributed by atoms with Gasteiger partial charge in [0, 0.05) is 35.1 Å². The molecule has 1 amide bonds. The van der Waals surface area contributed by atoms with Crippen molar-refractivity contribution in [1.82, 2.24) is 9.97 Å². The van der Waals surface area contributed by atoms with E-state index in [0.717, 1.165) is 21.8 Å². The molecular weight excluding hydrogens is 358 g/mol. The number of nitrogens with one attached hydrogen (secondary N) is 1. The van der Waals surface area contributed by atoms with Crippen LogP contribution in [0.25, 0.3) is 6.08 Å². The van der Waals surface area contributed by atoms with Gasteiger partial charge in [-0.2, -0.15) is 0 Å². The van der Waals surface area contributed by atoms with E-state index in [2.05, 4.69) is 29.1 Å². The molecule has 6 heteroatoms. The van der Waals surface area contributed by atoms with Crippen LogP contribution < -0.4 is 10.1 Å². The van der Waals surface area contributed by atoms with Gasteiger partial charge in [-0.3, -0.25) is 15.1 Å². The maximum atomic E-state index is 12.0. The number of nitrogens with zero attached hydrogens (tertiary/aromatic N) is 2. The van der Waals surface area contributed by atoms with Gasteiger partial charge >= 0.3 is 0 Å². The first-order chi connectivity index (χ1) is 13.1. The third kappa shape index (κ3) is 5.76. The van der Waals surface area contributed by atoms with E-state index in [-0.39, 0.29) is 5.91 Å². The predicted octanol–water partition coefficient (Wildman–Crippen LogP) is 4.89. The molecule has 2 aromatic heterocycles. The predicted molar refractivity (Wildman–Crippen MR) is 109 cm³/mol. The summed E-state index contributed by atoms with van der Waals surface area (Å²) < 4.78 is 5.72. The summed E-state index contributed by atoms with van der Waals surface area (Å²) in [5, 5.41) is 3.41. The van der Waals surface area contributed by atoms with Gasteiger partial charge in [0.25, 0.3) is 0 Å². The molecule has 0 fully saturated rings. The molecule has 0 unspecified atom stereocenters. The molecule has 0 saturated carbocycles. The zero-order valence-electron chi connectivity index (χ0n) is 15.3. The second kappa shape index (κ2) is 9.09. The molecule has 5 nitrogen and oxygen atoms in total. The highest BCUT2D eigenvalue weighted by molar-refractivity contribution is 7.15. The SMILES string of the molecule is CC(C)c1cnc(NC(=O)/C=C/c2ccc(OCc3cccnc3)cc2)s1. The molecular formula is C21H21N3O2S. The molecule has 0 saturated heterocycles. The zero-order valence-corrected chi connectivity index (χ0v) is 16.1. The lowest BCUT2D eigenvalue weighted by Crippen LogP contribution is -2.07. The van der Waals surface area contributed by atoms with Crippen LogP contribution in [0.4, 0.5) is 5.13 Å². The summed E-state index contributed by atoms with van der Waals surface area (Å²) in [5.41, 5.74) is 1.93. The molecule has 0 radical (unpaired) electrons. The monoisotopic (exact) mass is 379 g/mol. The topological polar surface area (TPSA) is 64.1 Å². The van der Waals surface area contributed by atoms with Gasteiger partial charge in [0.1, 0.15) is 12.4 Å². The smallest absolute Gasteiger partial charge is 0.250 e. The van der Waals surface area contributed by atoms with Crippen molar-refractivity contribution in [2.24, 2.45) is 0 Å². The fourth-order valence-electron chi connectivity index (χ4n) is 2.26. The molecule has 3 aromatic rings. The van der Waals surface area contributed by atoms with Gasteiger partial charge in [0.15, 0.2) is 5.13 Å². The van der Waals surface area contributed by atoms with Crippen LogP contribution in [0.5, 0.6) is 5.75 Å². The largest absolute Gasteiger partial charge is 0.489 e. The standard InChI is InChI=1S/C21H21N3O2S/c1-15(2)19-13-23-21(27-19)24-20(25)10-7-16-5-8-18(9-6-16)26-14-17-4-3-11-22-12-17/h3-13,15H,14H2,1-2H3,(H,23,24,25)/b10-7+. The lowest BCUT2D eigenvalue weighted by Gasteiger charge is -2.06. The number of hydrogen-bond acceptors (Lipinski definition) is 5. The van der Waals surface area contributed by atoms with Crippen LogP contribution in [0.15, 0.2) is 61.1 Å². The number of amides is 1. The Bertz CT molecular complexity index is 903. The lowest BCUT2D eigenvalue weighted by atomic mass is 10.2. The number of aromatic nitrogens is 2. The maximum Gasteiger partial charge on any atom is 0.250 e. The van der Waals surface area contributed by atoms with Crippen LogP contribution in [0.2, 0.25) is 0 Å². The fourth-order valence-corrected chi connectivity index (χ4v) is 3.08. The minimum Gasteiger partial charge on any atom is -0.489 e. The molecule has 0 bridgehead atoms. The molecule has 27 heavy (non-hydrogen) atoms. The van der Waals surface area contributed by atoms with Crippen LogP contribution in [0.3, 0.4) is 0 Å². The molecule has 2 heterocycles. The normalized spacial score (nSPS) is 11.1. The van der Waals surface area contributed by atoms with Gasteiger partial charge < -0.3 is 4.74 Å². The van der Waals surface area contributed by atoms with Crippen molar-refractivity contribution >= 4 is 28.5 Å². The molecule has 0 spiro atoms. The minimum atomic E-state index is -0.198. The molecule has 3 rings (SSSR count). The van der Waals surface area contributed by atoms with Gasteiger partial charge in [0.2, 0.25) is 5.91 Å². The van der Waals surface area contributed by atoms with Crippen LogP contribution in [0, 0.1) is 0 Å². The highest BCUT2D eigenvalue weighted by atomic mass is 32.1. The minimum absolute atomic E-state index is 0.198. The number of carbonyl (C=O) groups excluding carboxylic acids is 1. The summed E-state index contributed by atoms with van der Waals surface area (Å²) in [4.78, 5) is 21.5. The van der Waals surface area contributed by atoms with Crippen molar-refractivity contribution in [2.45, 2.75) is 26.4 Å². The third-order valence-electron chi connectivity index (χ3n) is 3.76. The second-order valence-corrected chi connectivity index (χ2v) is 7.33. The van der Waals surface area contributed by atoms with Gasteiger partial charge in [0.05, 0.1) is 0 Å². The van der Waals surface area contributed by atoms with Crippen LogP contribution in [-0.2, 0) is 11.4 Å². The zero-order chi connectivity index (χ0) is 19.1. The van der Waals surface area contributed by atoms with Crippen molar-refractivity contribution < 1.29 is 9.53 Å². The Balaban J connectivity index is 1.51. The van der Waals surface area contributed by atoms with E-state index in [0.29, 0.717) is 17.7 Å². The Morgan fingerprint density at radius 3 is 2.70 bits per heavy atom.